The molecule has 94 valence electrons. The van der Waals surface area contributed by atoms with Crippen LogP contribution in [-0.4, -0.2) is 28.0 Å². The third-order valence-corrected chi connectivity index (χ3v) is 4.14. The van der Waals surface area contributed by atoms with Gasteiger partial charge < -0.3 is 4.90 Å². The first-order valence-electron chi connectivity index (χ1n) is 6.31. The fourth-order valence-corrected chi connectivity index (χ4v) is 3.23. The minimum atomic E-state index is 0.687. The molecule has 0 saturated carbocycles. The molecule has 1 unspecified atom stereocenters. The second-order valence-electron chi connectivity index (χ2n) is 4.65. The summed E-state index contributed by atoms with van der Waals surface area (Å²) in [6.45, 7) is 2.16. The lowest BCUT2D eigenvalue weighted by molar-refractivity contribution is 0.410. The number of anilines is 1. The first-order chi connectivity index (χ1) is 8.92. The Morgan fingerprint density at radius 3 is 3.06 bits per heavy atom. The number of hydrogen-bond donors (Lipinski definition) is 0. The number of rotatable bonds is 3. The molecule has 18 heavy (non-hydrogen) atoms. The highest BCUT2D eigenvalue weighted by Gasteiger charge is 2.21. The van der Waals surface area contributed by atoms with Crippen LogP contribution in [0.15, 0.2) is 30.2 Å². The summed E-state index contributed by atoms with van der Waals surface area (Å²) in [5, 5.41) is 3.31. The molecular weight excluding hydrogens is 244 g/mol. The Morgan fingerprint density at radius 1 is 1.28 bits per heavy atom. The maximum absolute atomic E-state index is 4.38. The summed E-state index contributed by atoms with van der Waals surface area (Å²) in [7, 11) is 0. The van der Waals surface area contributed by atoms with Gasteiger partial charge >= 0.3 is 0 Å². The summed E-state index contributed by atoms with van der Waals surface area (Å²) in [4.78, 5) is 15.3. The highest BCUT2D eigenvalue weighted by Crippen LogP contribution is 2.24. The van der Waals surface area contributed by atoms with Gasteiger partial charge in [-0.3, -0.25) is 4.98 Å². The summed E-state index contributed by atoms with van der Waals surface area (Å²) >= 11 is 1.76. The van der Waals surface area contributed by atoms with Crippen molar-refractivity contribution in [3.8, 4) is 0 Å². The molecule has 1 saturated heterocycles. The molecular formula is C13H16N4S. The van der Waals surface area contributed by atoms with Crippen molar-refractivity contribution >= 4 is 17.2 Å². The Bertz CT molecular complexity index is 471. The van der Waals surface area contributed by atoms with Crippen LogP contribution in [0, 0.1) is 5.92 Å². The third-order valence-electron chi connectivity index (χ3n) is 3.34. The predicted molar refractivity (Wildman–Crippen MR) is 72.8 cm³/mol. The lowest BCUT2D eigenvalue weighted by atomic mass is 9.95. The second-order valence-corrected chi connectivity index (χ2v) is 5.63. The van der Waals surface area contributed by atoms with Gasteiger partial charge in [0.2, 0.25) is 0 Å². The van der Waals surface area contributed by atoms with Gasteiger partial charge in [0.25, 0.3) is 0 Å². The van der Waals surface area contributed by atoms with E-state index in [0.717, 1.165) is 25.3 Å². The number of nitrogens with zero attached hydrogens (tertiary/aromatic N) is 4. The predicted octanol–water partition coefficient (Wildman–Crippen LogP) is 2.39. The Labute approximate surface area is 111 Å². The van der Waals surface area contributed by atoms with E-state index in [1.54, 1.807) is 23.7 Å². The highest BCUT2D eigenvalue weighted by atomic mass is 32.1. The quantitative estimate of drug-likeness (QED) is 0.850. The van der Waals surface area contributed by atoms with Crippen molar-refractivity contribution in [1.82, 2.24) is 15.0 Å². The van der Waals surface area contributed by atoms with Crippen LogP contribution < -0.4 is 4.90 Å². The van der Waals surface area contributed by atoms with Crippen molar-refractivity contribution in [2.45, 2.75) is 19.3 Å². The minimum absolute atomic E-state index is 0.687. The van der Waals surface area contributed by atoms with Gasteiger partial charge in [-0.05, 0) is 18.8 Å². The van der Waals surface area contributed by atoms with Crippen LogP contribution >= 0.6 is 11.3 Å². The van der Waals surface area contributed by atoms with Crippen LogP contribution in [0.25, 0.3) is 0 Å². The molecule has 0 aromatic carbocycles. The molecule has 0 aliphatic carbocycles. The van der Waals surface area contributed by atoms with Gasteiger partial charge in [-0.15, -0.1) is 11.3 Å². The summed E-state index contributed by atoms with van der Waals surface area (Å²) in [5.74, 6) is 1.69. The van der Waals surface area contributed by atoms with Crippen LogP contribution in [0.4, 0.5) is 5.82 Å². The van der Waals surface area contributed by atoms with Gasteiger partial charge in [-0.25, -0.2) is 9.97 Å². The number of piperidine rings is 1. The molecule has 0 spiro atoms. The molecule has 0 radical (unpaired) electrons. The van der Waals surface area contributed by atoms with Gasteiger partial charge in [0.05, 0.1) is 11.2 Å². The van der Waals surface area contributed by atoms with E-state index in [4.69, 9.17) is 0 Å². The molecule has 3 heterocycles. The molecule has 1 fully saturated rings. The van der Waals surface area contributed by atoms with E-state index in [2.05, 4.69) is 25.2 Å². The van der Waals surface area contributed by atoms with Crippen molar-refractivity contribution in [3.63, 3.8) is 0 Å². The standard InChI is InChI=1S/C13H16N4S/c1-2-11(8-13-16-5-7-18-13)10-17(6-1)12-9-14-3-4-15-12/h3-5,7,9,11H,1-2,6,8,10H2. The van der Waals surface area contributed by atoms with Gasteiger partial charge in [0.1, 0.15) is 5.82 Å². The van der Waals surface area contributed by atoms with Crippen LogP contribution in [0.3, 0.4) is 0 Å². The van der Waals surface area contributed by atoms with Crippen LogP contribution in [0.5, 0.6) is 0 Å². The number of thiazole rings is 1. The Balaban J connectivity index is 1.65. The van der Waals surface area contributed by atoms with E-state index in [1.165, 1.54) is 17.8 Å². The highest BCUT2D eigenvalue weighted by molar-refractivity contribution is 7.09. The molecule has 4 nitrogen and oxygen atoms in total. The first kappa shape index (κ1) is 11.6. The van der Waals surface area contributed by atoms with Crippen LogP contribution in [-0.2, 0) is 6.42 Å². The molecule has 0 amide bonds. The van der Waals surface area contributed by atoms with E-state index in [-0.39, 0.29) is 0 Å². The maximum Gasteiger partial charge on any atom is 0.147 e. The zero-order valence-corrected chi connectivity index (χ0v) is 11.0. The van der Waals surface area contributed by atoms with Crippen molar-refractivity contribution in [3.05, 3.63) is 35.2 Å². The van der Waals surface area contributed by atoms with Crippen molar-refractivity contribution < 1.29 is 0 Å². The monoisotopic (exact) mass is 260 g/mol. The van der Waals surface area contributed by atoms with E-state index in [1.807, 2.05) is 12.4 Å². The lowest BCUT2D eigenvalue weighted by Crippen LogP contribution is -2.36. The Hall–Kier alpha value is -1.49. The van der Waals surface area contributed by atoms with E-state index in [9.17, 15) is 0 Å². The summed E-state index contributed by atoms with van der Waals surface area (Å²) in [6, 6.07) is 0. The molecule has 1 atom stereocenters. The average Bonchev–Trinajstić information content (AvgIpc) is 2.93. The number of aromatic nitrogens is 3. The fraction of sp³-hybridized carbons (Fsp3) is 0.462. The Kier molecular flexibility index (Phi) is 3.50. The molecule has 0 N–H and O–H groups in total. The fourth-order valence-electron chi connectivity index (χ4n) is 2.50. The van der Waals surface area contributed by atoms with E-state index < -0.39 is 0 Å². The first-order valence-corrected chi connectivity index (χ1v) is 7.19. The van der Waals surface area contributed by atoms with Gasteiger partial charge in [0, 0.05) is 43.5 Å². The van der Waals surface area contributed by atoms with Crippen molar-refractivity contribution in [1.29, 1.82) is 0 Å². The van der Waals surface area contributed by atoms with E-state index in [0.29, 0.717) is 5.92 Å². The van der Waals surface area contributed by atoms with Gasteiger partial charge in [0.15, 0.2) is 0 Å². The summed E-state index contributed by atoms with van der Waals surface area (Å²) < 4.78 is 0. The van der Waals surface area contributed by atoms with Gasteiger partial charge in [-0.1, -0.05) is 0 Å². The number of hydrogen-bond acceptors (Lipinski definition) is 5. The third kappa shape index (κ3) is 2.67. The Morgan fingerprint density at radius 2 is 2.28 bits per heavy atom. The molecule has 1 aliphatic rings. The minimum Gasteiger partial charge on any atom is -0.355 e. The zero-order valence-electron chi connectivity index (χ0n) is 10.2. The normalized spacial score (nSPS) is 20.0. The van der Waals surface area contributed by atoms with Gasteiger partial charge in [-0.2, -0.15) is 0 Å². The SMILES string of the molecule is c1cnc(N2CCCC(Cc3nccs3)C2)cn1. The summed E-state index contributed by atoms with van der Waals surface area (Å²) in [5.41, 5.74) is 0. The maximum atomic E-state index is 4.38. The van der Waals surface area contributed by atoms with E-state index >= 15 is 0 Å². The topological polar surface area (TPSA) is 41.9 Å². The second kappa shape index (κ2) is 5.44. The lowest BCUT2D eigenvalue weighted by Gasteiger charge is -2.33. The zero-order chi connectivity index (χ0) is 12.2. The van der Waals surface area contributed by atoms with Crippen LogP contribution in [0.2, 0.25) is 0 Å². The van der Waals surface area contributed by atoms with Crippen molar-refractivity contribution in [2.24, 2.45) is 5.92 Å². The molecule has 1 aliphatic heterocycles. The molecule has 5 heteroatoms. The average molecular weight is 260 g/mol. The van der Waals surface area contributed by atoms with Crippen molar-refractivity contribution in [2.75, 3.05) is 18.0 Å². The smallest absolute Gasteiger partial charge is 0.147 e. The largest absolute Gasteiger partial charge is 0.355 e. The summed E-state index contributed by atoms with van der Waals surface area (Å²) in [6.07, 6.45) is 10.8. The molecule has 3 rings (SSSR count). The van der Waals surface area contributed by atoms with Crippen LogP contribution in [0.1, 0.15) is 17.8 Å². The molecule has 2 aromatic rings. The molecule has 0 bridgehead atoms. The molecule has 2 aromatic heterocycles.